The number of pyridine rings is 2. The predicted octanol–water partition coefficient (Wildman–Crippen LogP) is 1.95. The molecule has 0 fully saturated rings. The molecule has 0 radical (unpaired) electrons. The SMILES string of the molecule is N#Cc1cc2cc3ccccc3nc2[nH]c1=O. The van der Waals surface area contributed by atoms with E-state index >= 15 is 0 Å². The van der Waals surface area contributed by atoms with Crippen molar-refractivity contribution in [2.24, 2.45) is 0 Å². The van der Waals surface area contributed by atoms with Crippen LogP contribution in [0.15, 0.2) is 41.2 Å². The van der Waals surface area contributed by atoms with Crippen LogP contribution in [-0.4, -0.2) is 9.97 Å². The topological polar surface area (TPSA) is 69.5 Å². The van der Waals surface area contributed by atoms with Gasteiger partial charge in [-0.2, -0.15) is 5.26 Å². The van der Waals surface area contributed by atoms with Crippen LogP contribution in [0.1, 0.15) is 5.56 Å². The number of rotatable bonds is 0. The Bertz CT molecular complexity index is 827. The highest BCUT2D eigenvalue weighted by atomic mass is 16.1. The highest BCUT2D eigenvalue weighted by molar-refractivity contribution is 5.91. The maximum Gasteiger partial charge on any atom is 0.267 e. The fourth-order valence-electron chi connectivity index (χ4n) is 1.82. The van der Waals surface area contributed by atoms with Gasteiger partial charge in [-0.25, -0.2) is 4.98 Å². The summed E-state index contributed by atoms with van der Waals surface area (Å²) in [4.78, 5) is 18.4. The van der Waals surface area contributed by atoms with E-state index in [0.717, 1.165) is 16.3 Å². The van der Waals surface area contributed by atoms with Gasteiger partial charge in [0, 0.05) is 10.8 Å². The van der Waals surface area contributed by atoms with E-state index < -0.39 is 5.56 Å². The smallest absolute Gasteiger partial charge is 0.267 e. The molecule has 4 heteroatoms. The maximum absolute atomic E-state index is 11.5. The molecule has 1 N–H and O–H groups in total. The Morgan fingerprint density at radius 3 is 2.82 bits per heavy atom. The lowest BCUT2D eigenvalue weighted by atomic mass is 10.1. The van der Waals surface area contributed by atoms with Crippen LogP contribution in [0.25, 0.3) is 21.9 Å². The van der Waals surface area contributed by atoms with Crippen molar-refractivity contribution in [1.82, 2.24) is 9.97 Å². The Labute approximate surface area is 96.2 Å². The first-order valence-electron chi connectivity index (χ1n) is 5.11. The summed E-state index contributed by atoms with van der Waals surface area (Å²) in [6, 6.07) is 13.0. The Kier molecular flexibility index (Phi) is 1.92. The van der Waals surface area contributed by atoms with Gasteiger partial charge in [0.2, 0.25) is 0 Å². The van der Waals surface area contributed by atoms with Gasteiger partial charge in [0.1, 0.15) is 17.3 Å². The number of benzene rings is 1. The Morgan fingerprint density at radius 1 is 1.18 bits per heavy atom. The molecule has 17 heavy (non-hydrogen) atoms. The van der Waals surface area contributed by atoms with Crippen molar-refractivity contribution < 1.29 is 0 Å². The summed E-state index contributed by atoms with van der Waals surface area (Å²) in [6.07, 6.45) is 0. The molecule has 0 aliphatic carbocycles. The summed E-state index contributed by atoms with van der Waals surface area (Å²) in [6.45, 7) is 0. The van der Waals surface area contributed by atoms with Gasteiger partial charge in [-0.3, -0.25) is 4.79 Å². The van der Waals surface area contributed by atoms with E-state index in [9.17, 15) is 4.79 Å². The fourth-order valence-corrected chi connectivity index (χ4v) is 1.82. The summed E-state index contributed by atoms with van der Waals surface area (Å²) in [5.41, 5.74) is 1.03. The van der Waals surface area contributed by atoms with E-state index in [1.165, 1.54) is 0 Å². The normalized spacial score (nSPS) is 10.5. The second-order valence-corrected chi connectivity index (χ2v) is 3.74. The van der Waals surface area contributed by atoms with Crippen LogP contribution in [0.2, 0.25) is 0 Å². The average molecular weight is 221 g/mol. The zero-order valence-corrected chi connectivity index (χ0v) is 8.77. The lowest BCUT2D eigenvalue weighted by molar-refractivity contribution is 1.23. The molecule has 2 aromatic heterocycles. The number of nitriles is 1. The van der Waals surface area contributed by atoms with Crippen LogP contribution >= 0.6 is 0 Å². The third-order valence-electron chi connectivity index (χ3n) is 2.65. The molecule has 0 amide bonds. The number of nitrogens with one attached hydrogen (secondary N) is 1. The number of aromatic nitrogens is 2. The van der Waals surface area contributed by atoms with E-state index in [1.807, 2.05) is 36.4 Å². The Hall–Kier alpha value is -2.67. The highest BCUT2D eigenvalue weighted by Crippen LogP contribution is 2.17. The fraction of sp³-hybridized carbons (Fsp3) is 0. The molecule has 0 bridgehead atoms. The zero-order chi connectivity index (χ0) is 11.8. The second-order valence-electron chi connectivity index (χ2n) is 3.74. The number of H-pyrrole nitrogens is 1. The molecule has 0 aliphatic rings. The molecule has 0 atom stereocenters. The predicted molar refractivity (Wildman–Crippen MR) is 64.6 cm³/mol. The highest BCUT2D eigenvalue weighted by Gasteiger charge is 2.04. The molecule has 1 aromatic carbocycles. The van der Waals surface area contributed by atoms with Crippen LogP contribution < -0.4 is 5.56 Å². The van der Waals surface area contributed by atoms with Crippen molar-refractivity contribution in [2.45, 2.75) is 0 Å². The van der Waals surface area contributed by atoms with Gasteiger partial charge in [0.15, 0.2) is 0 Å². The van der Waals surface area contributed by atoms with Crippen LogP contribution in [0, 0.1) is 11.3 Å². The summed E-state index contributed by atoms with van der Waals surface area (Å²) >= 11 is 0. The standard InChI is InChI=1S/C13H7N3O/c14-7-10-6-9-5-8-3-1-2-4-11(8)15-12(9)16-13(10)17/h1-6H,(H,15,16,17). The van der Waals surface area contributed by atoms with Crippen molar-refractivity contribution in [3.05, 3.63) is 52.3 Å². The van der Waals surface area contributed by atoms with E-state index in [0.29, 0.717) is 5.65 Å². The zero-order valence-electron chi connectivity index (χ0n) is 8.77. The van der Waals surface area contributed by atoms with Crippen LogP contribution in [-0.2, 0) is 0 Å². The minimum atomic E-state index is -0.400. The molecule has 0 unspecified atom stereocenters. The molecule has 3 rings (SSSR count). The quantitative estimate of drug-likeness (QED) is 0.590. The number of aromatic amines is 1. The number of hydrogen-bond acceptors (Lipinski definition) is 3. The van der Waals surface area contributed by atoms with Crippen molar-refractivity contribution in [2.75, 3.05) is 0 Å². The van der Waals surface area contributed by atoms with Crippen LogP contribution in [0.3, 0.4) is 0 Å². The third kappa shape index (κ3) is 1.45. The van der Waals surface area contributed by atoms with Gasteiger partial charge in [-0.05, 0) is 18.2 Å². The number of nitrogens with zero attached hydrogens (tertiary/aromatic N) is 2. The summed E-state index contributed by atoms with van der Waals surface area (Å²) in [5.74, 6) is 0. The van der Waals surface area contributed by atoms with Gasteiger partial charge in [0.25, 0.3) is 5.56 Å². The van der Waals surface area contributed by atoms with Crippen molar-refractivity contribution in [3.8, 4) is 6.07 Å². The van der Waals surface area contributed by atoms with Gasteiger partial charge in [-0.15, -0.1) is 0 Å². The largest absolute Gasteiger partial charge is 0.305 e. The second kappa shape index (κ2) is 3.42. The Balaban J connectivity index is 2.49. The molecule has 0 saturated heterocycles. The number of para-hydroxylation sites is 1. The molecule has 3 aromatic rings. The summed E-state index contributed by atoms with van der Waals surface area (Å²) in [7, 11) is 0. The molecule has 80 valence electrons. The third-order valence-corrected chi connectivity index (χ3v) is 2.65. The van der Waals surface area contributed by atoms with Crippen LogP contribution in [0.4, 0.5) is 0 Å². The van der Waals surface area contributed by atoms with E-state index in [-0.39, 0.29) is 5.56 Å². The molecule has 0 aliphatic heterocycles. The molecule has 2 heterocycles. The molecular weight excluding hydrogens is 214 g/mol. The van der Waals surface area contributed by atoms with E-state index in [4.69, 9.17) is 5.26 Å². The van der Waals surface area contributed by atoms with Crippen molar-refractivity contribution in [1.29, 1.82) is 5.26 Å². The first kappa shape index (κ1) is 9.55. The summed E-state index contributed by atoms with van der Waals surface area (Å²) < 4.78 is 0. The number of hydrogen-bond donors (Lipinski definition) is 1. The first-order chi connectivity index (χ1) is 8.28. The minimum Gasteiger partial charge on any atom is -0.305 e. The van der Waals surface area contributed by atoms with Gasteiger partial charge in [-0.1, -0.05) is 18.2 Å². The van der Waals surface area contributed by atoms with E-state index in [2.05, 4.69) is 9.97 Å². The number of fused-ring (bicyclic) bond motifs is 2. The molecule has 0 spiro atoms. The maximum atomic E-state index is 11.5. The monoisotopic (exact) mass is 221 g/mol. The van der Waals surface area contributed by atoms with Crippen molar-refractivity contribution >= 4 is 21.9 Å². The Morgan fingerprint density at radius 2 is 2.00 bits per heavy atom. The molecule has 0 saturated carbocycles. The lowest BCUT2D eigenvalue weighted by Crippen LogP contribution is -2.10. The minimum absolute atomic E-state index is 0.106. The van der Waals surface area contributed by atoms with Gasteiger partial charge >= 0.3 is 0 Å². The molecule has 4 nitrogen and oxygen atoms in total. The van der Waals surface area contributed by atoms with Crippen LogP contribution in [0.5, 0.6) is 0 Å². The van der Waals surface area contributed by atoms with Gasteiger partial charge < -0.3 is 4.98 Å². The molecular formula is C13H7N3O. The lowest BCUT2D eigenvalue weighted by Gasteiger charge is -2.01. The van der Waals surface area contributed by atoms with E-state index in [1.54, 1.807) is 6.07 Å². The van der Waals surface area contributed by atoms with Gasteiger partial charge in [0.05, 0.1) is 5.52 Å². The summed E-state index contributed by atoms with van der Waals surface area (Å²) in [5, 5.41) is 10.5. The van der Waals surface area contributed by atoms with Crippen molar-refractivity contribution in [3.63, 3.8) is 0 Å². The average Bonchev–Trinajstić information content (AvgIpc) is 2.35. The first-order valence-corrected chi connectivity index (χ1v) is 5.11.